The Kier molecular flexibility index (Phi) is 3.83. The zero-order chi connectivity index (χ0) is 11.4. The molecule has 0 bridgehead atoms. The van der Waals surface area contributed by atoms with Crippen LogP contribution in [0.1, 0.15) is 39.3 Å². The third kappa shape index (κ3) is 2.17. The van der Waals surface area contributed by atoms with Crippen molar-refractivity contribution in [2.45, 2.75) is 33.6 Å². The second-order valence-corrected chi connectivity index (χ2v) is 3.54. The summed E-state index contributed by atoms with van der Waals surface area (Å²) in [6, 6.07) is 4.03. The zero-order valence-electron chi connectivity index (χ0n) is 10.2. The molecule has 3 heteroatoms. The van der Waals surface area contributed by atoms with Crippen molar-refractivity contribution in [2.24, 2.45) is 7.05 Å². The number of fused-ring (bicyclic) bond motifs is 1. The van der Waals surface area contributed by atoms with E-state index in [-0.39, 0.29) is 0 Å². The molecule has 82 valence electrons. The average Bonchev–Trinajstić information content (AvgIpc) is 2.60. The summed E-state index contributed by atoms with van der Waals surface area (Å²) < 4.78 is 1.84. The lowest BCUT2D eigenvalue weighted by atomic mass is 10.1. The van der Waals surface area contributed by atoms with Crippen molar-refractivity contribution in [3.05, 3.63) is 24.0 Å². The Bertz CT molecular complexity index is 429. The molecule has 0 radical (unpaired) electrons. The minimum absolute atomic E-state index is 0.452. The van der Waals surface area contributed by atoms with Crippen molar-refractivity contribution in [2.75, 3.05) is 0 Å². The zero-order valence-corrected chi connectivity index (χ0v) is 10.2. The molecule has 2 aromatic rings. The predicted molar refractivity (Wildman–Crippen MR) is 63.9 cm³/mol. The van der Waals surface area contributed by atoms with Gasteiger partial charge in [-0.3, -0.25) is 4.68 Å². The van der Waals surface area contributed by atoms with E-state index in [4.69, 9.17) is 0 Å². The first-order valence-corrected chi connectivity index (χ1v) is 5.47. The van der Waals surface area contributed by atoms with Gasteiger partial charge in [-0.2, -0.15) is 5.10 Å². The maximum Gasteiger partial charge on any atom is 0.157 e. The summed E-state index contributed by atoms with van der Waals surface area (Å²) in [6.45, 7) is 8.30. The van der Waals surface area contributed by atoms with Crippen LogP contribution in [-0.4, -0.2) is 14.8 Å². The monoisotopic (exact) mass is 205 g/mol. The van der Waals surface area contributed by atoms with Crippen molar-refractivity contribution < 1.29 is 0 Å². The van der Waals surface area contributed by atoms with Crippen molar-refractivity contribution >= 4 is 11.0 Å². The minimum Gasteiger partial charge on any atom is -0.250 e. The number of rotatable bonds is 1. The van der Waals surface area contributed by atoms with Crippen LogP contribution in [0.5, 0.6) is 0 Å². The lowest BCUT2D eigenvalue weighted by molar-refractivity contribution is 0.724. The van der Waals surface area contributed by atoms with Crippen molar-refractivity contribution in [1.29, 1.82) is 0 Å². The number of pyridine rings is 1. The van der Waals surface area contributed by atoms with E-state index in [1.807, 2.05) is 31.6 Å². The van der Waals surface area contributed by atoms with Gasteiger partial charge in [-0.25, -0.2) is 4.98 Å². The Morgan fingerprint density at radius 2 is 1.93 bits per heavy atom. The third-order valence-corrected chi connectivity index (χ3v) is 2.17. The van der Waals surface area contributed by atoms with E-state index in [0.29, 0.717) is 5.92 Å². The number of nitrogens with zero attached hydrogens (tertiary/aromatic N) is 3. The maximum absolute atomic E-state index is 4.44. The van der Waals surface area contributed by atoms with Crippen LogP contribution >= 0.6 is 0 Å². The Balaban J connectivity index is 0.000000531. The highest BCUT2D eigenvalue weighted by atomic mass is 15.3. The van der Waals surface area contributed by atoms with Gasteiger partial charge in [0.15, 0.2) is 5.65 Å². The molecule has 0 aliphatic heterocycles. The highest BCUT2D eigenvalue weighted by Crippen LogP contribution is 2.21. The van der Waals surface area contributed by atoms with E-state index in [1.165, 1.54) is 5.39 Å². The molecule has 0 amide bonds. The van der Waals surface area contributed by atoms with Gasteiger partial charge in [-0.05, 0) is 18.1 Å². The van der Waals surface area contributed by atoms with Gasteiger partial charge in [0.05, 0.1) is 5.69 Å². The lowest BCUT2D eigenvalue weighted by Gasteiger charge is -1.98. The number of aryl methyl sites for hydroxylation is 1. The van der Waals surface area contributed by atoms with Crippen molar-refractivity contribution in [3.8, 4) is 0 Å². The van der Waals surface area contributed by atoms with Gasteiger partial charge in [-0.1, -0.05) is 27.7 Å². The van der Waals surface area contributed by atoms with Gasteiger partial charge in [0, 0.05) is 18.6 Å². The molecule has 2 aromatic heterocycles. The normalized spacial score (nSPS) is 10.3. The Morgan fingerprint density at radius 3 is 2.53 bits per heavy atom. The largest absolute Gasteiger partial charge is 0.250 e. The smallest absolute Gasteiger partial charge is 0.157 e. The van der Waals surface area contributed by atoms with E-state index < -0.39 is 0 Å². The van der Waals surface area contributed by atoms with Crippen LogP contribution in [0.25, 0.3) is 11.0 Å². The molecule has 0 aromatic carbocycles. The molecule has 0 saturated carbocycles. The fraction of sp³-hybridized carbons (Fsp3) is 0.500. The molecule has 3 nitrogen and oxygen atoms in total. The summed E-state index contributed by atoms with van der Waals surface area (Å²) in [5.74, 6) is 0.452. The van der Waals surface area contributed by atoms with Gasteiger partial charge in [0.25, 0.3) is 0 Å². The molecular formula is C12H19N3. The molecule has 2 heterocycles. The van der Waals surface area contributed by atoms with Gasteiger partial charge < -0.3 is 0 Å². The highest BCUT2D eigenvalue weighted by molar-refractivity contribution is 5.78. The number of hydrogen-bond donors (Lipinski definition) is 0. The molecular weight excluding hydrogens is 186 g/mol. The number of aromatic nitrogens is 3. The van der Waals surface area contributed by atoms with Crippen LogP contribution in [0.15, 0.2) is 18.3 Å². The summed E-state index contributed by atoms with van der Waals surface area (Å²) >= 11 is 0. The van der Waals surface area contributed by atoms with E-state index in [0.717, 1.165) is 11.3 Å². The SMILES string of the molecule is CC.CC(C)c1nn(C)c2ncccc12. The van der Waals surface area contributed by atoms with Crippen LogP contribution in [0, 0.1) is 0 Å². The lowest BCUT2D eigenvalue weighted by Crippen LogP contribution is -1.93. The first kappa shape index (κ1) is 11.7. The van der Waals surface area contributed by atoms with Crippen LogP contribution < -0.4 is 0 Å². The minimum atomic E-state index is 0.452. The van der Waals surface area contributed by atoms with Crippen molar-refractivity contribution in [3.63, 3.8) is 0 Å². The van der Waals surface area contributed by atoms with Gasteiger partial charge >= 0.3 is 0 Å². The van der Waals surface area contributed by atoms with E-state index in [1.54, 1.807) is 6.20 Å². The van der Waals surface area contributed by atoms with E-state index in [2.05, 4.69) is 30.0 Å². The van der Waals surface area contributed by atoms with Gasteiger partial charge in [0.1, 0.15) is 0 Å². The fourth-order valence-corrected chi connectivity index (χ4v) is 1.54. The molecule has 0 fully saturated rings. The molecule has 0 atom stereocenters. The van der Waals surface area contributed by atoms with Crippen molar-refractivity contribution in [1.82, 2.24) is 14.8 Å². The molecule has 0 unspecified atom stereocenters. The van der Waals surface area contributed by atoms with Gasteiger partial charge in [0.2, 0.25) is 0 Å². The molecule has 0 aliphatic rings. The topological polar surface area (TPSA) is 30.7 Å². The third-order valence-electron chi connectivity index (χ3n) is 2.17. The number of hydrogen-bond acceptors (Lipinski definition) is 2. The van der Waals surface area contributed by atoms with E-state index in [9.17, 15) is 0 Å². The molecule has 2 rings (SSSR count). The first-order chi connectivity index (χ1) is 7.20. The standard InChI is InChI=1S/C10H13N3.C2H6/c1-7(2)9-8-5-4-6-11-10(8)13(3)12-9;1-2/h4-7H,1-3H3;1-2H3. The molecule has 0 saturated heterocycles. The Labute approximate surface area is 91.1 Å². The van der Waals surface area contributed by atoms with Crippen LogP contribution in [0.2, 0.25) is 0 Å². The Morgan fingerprint density at radius 1 is 1.27 bits per heavy atom. The molecule has 0 spiro atoms. The predicted octanol–water partition coefficient (Wildman–Crippen LogP) is 3.12. The maximum atomic E-state index is 4.44. The summed E-state index contributed by atoms with van der Waals surface area (Å²) in [5.41, 5.74) is 2.09. The first-order valence-electron chi connectivity index (χ1n) is 5.47. The second kappa shape index (κ2) is 4.91. The quantitative estimate of drug-likeness (QED) is 0.716. The second-order valence-electron chi connectivity index (χ2n) is 3.54. The highest BCUT2D eigenvalue weighted by Gasteiger charge is 2.11. The summed E-state index contributed by atoms with van der Waals surface area (Å²) in [4.78, 5) is 4.28. The summed E-state index contributed by atoms with van der Waals surface area (Å²) in [5, 5.41) is 5.61. The fourth-order valence-electron chi connectivity index (χ4n) is 1.54. The summed E-state index contributed by atoms with van der Waals surface area (Å²) in [7, 11) is 1.93. The average molecular weight is 205 g/mol. The van der Waals surface area contributed by atoms with Crippen LogP contribution in [0.4, 0.5) is 0 Å². The summed E-state index contributed by atoms with van der Waals surface area (Å²) in [6.07, 6.45) is 1.80. The molecule has 0 aliphatic carbocycles. The molecule has 0 N–H and O–H groups in total. The Hall–Kier alpha value is -1.38. The van der Waals surface area contributed by atoms with Crippen LogP contribution in [0.3, 0.4) is 0 Å². The molecule has 15 heavy (non-hydrogen) atoms. The van der Waals surface area contributed by atoms with Gasteiger partial charge in [-0.15, -0.1) is 0 Å². The van der Waals surface area contributed by atoms with E-state index >= 15 is 0 Å². The van der Waals surface area contributed by atoms with Crippen LogP contribution in [-0.2, 0) is 7.05 Å².